The largest absolute Gasteiger partial charge is 0.493 e. The molecule has 1 aromatic carbocycles. The fourth-order valence-corrected chi connectivity index (χ4v) is 4.47. The number of carbonyl (C=O) groups is 2. The number of imide groups is 1. The molecule has 2 amide bonds. The molecule has 3 aliphatic rings. The smallest absolute Gasteiger partial charge is 0.254 e. The van der Waals surface area contributed by atoms with Gasteiger partial charge in [0.05, 0.1) is 25.2 Å². The lowest BCUT2D eigenvalue weighted by molar-refractivity contribution is -0.140. The van der Waals surface area contributed by atoms with E-state index in [1.807, 2.05) is 12.2 Å². The molecule has 4 rings (SSSR count). The first-order chi connectivity index (χ1) is 13.0. The molecule has 2 bridgehead atoms. The first-order valence-electron chi connectivity index (χ1n) is 8.76. The van der Waals surface area contributed by atoms with Crippen molar-refractivity contribution in [2.24, 2.45) is 28.8 Å². The molecule has 4 unspecified atom stereocenters. The van der Waals surface area contributed by atoms with Crippen molar-refractivity contribution in [3.63, 3.8) is 0 Å². The second kappa shape index (κ2) is 6.85. The third kappa shape index (κ3) is 2.84. The van der Waals surface area contributed by atoms with Crippen LogP contribution in [0.4, 0.5) is 0 Å². The van der Waals surface area contributed by atoms with Crippen LogP contribution in [0.5, 0.6) is 11.5 Å². The van der Waals surface area contributed by atoms with Gasteiger partial charge in [-0.3, -0.25) is 9.59 Å². The van der Waals surface area contributed by atoms with Crippen molar-refractivity contribution in [3.05, 3.63) is 47.5 Å². The SMILES string of the molecule is C=CCOc1c(C=NN2C(=O)C3C4C=CC(C4)C3C2=O)cc(Cl)cc1OC. The first kappa shape index (κ1) is 17.8. The highest BCUT2D eigenvalue weighted by Gasteiger charge is 2.59. The first-order valence-corrected chi connectivity index (χ1v) is 9.14. The van der Waals surface area contributed by atoms with E-state index in [4.69, 9.17) is 21.1 Å². The lowest BCUT2D eigenvalue weighted by Gasteiger charge is -2.14. The van der Waals surface area contributed by atoms with Crippen LogP contribution in [0, 0.1) is 23.7 Å². The molecule has 2 fully saturated rings. The van der Waals surface area contributed by atoms with Crippen molar-refractivity contribution >= 4 is 29.6 Å². The molecule has 1 heterocycles. The van der Waals surface area contributed by atoms with Gasteiger partial charge in [-0.2, -0.15) is 10.1 Å². The van der Waals surface area contributed by atoms with Crippen LogP contribution in [0.25, 0.3) is 0 Å². The lowest BCUT2D eigenvalue weighted by Crippen LogP contribution is -2.28. The van der Waals surface area contributed by atoms with Gasteiger partial charge in [0.25, 0.3) is 11.8 Å². The summed E-state index contributed by atoms with van der Waals surface area (Å²) in [6, 6.07) is 3.26. The van der Waals surface area contributed by atoms with Gasteiger partial charge in [-0.15, -0.1) is 0 Å². The molecule has 0 radical (unpaired) electrons. The van der Waals surface area contributed by atoms with E-state index in [2.05, 4.69) is 11.7 Å². The van der Waals surface area contributed by atoms with Crippen molar-refractivity contribution in [1.29, 1.82) is 0 Å². The fourth-order valence-electron chi connectivity index (χ4n) is 4.25. The van der Waals surface area contributed by atoms with Crippen LogP contribution >= 0.6 is 11.6 Å². The van der Waals surface area contributed by atoms with Gasteiger partial charge in [-0.05, 0) is 24.3 Å². The standard InChI is InChI=1S/C20H19ClN2O4/c1-3-6-27-18-13(8-14(21)9-15(18)26-2)10-22-23-19(24)16-11-4-5-12(7-11)17(16)20(23)25/h3-5,8-12,16-17H,1,6-7H2,2H3. The molecular weight excluding hydrogens is 368 g/mol. The van der Waals surface area contributed by atoms with Gasteiger partial charge in [-0.1, -0.05) is 36.4 Å². The number of nitrogens with zero attached hydrogens (tertiary/aromatic N) is 2. The monoisotopic (exact) mass is 386 g/mol. The summed E-state index contributed by atoms with van der Waals surface area (Å²) < 4.78 is 11.0. The number of allylic oxidation sites excluding steroid dienone is 2. The fraction of sp³-hybridized carbons (Fsp3) is 0.350. The predicted molar refractivity (Wildman–Crippen MR) is 101 cm³/mol. The third-order valence-corrected chi connectivity index (χ3v) is 5.59. The number of ether oxygens (including phenoxy) is 2. The Morgan fingerprint density at radius 3 is 2.52 bits per heavy atom. The number of hydrogen-bond acceptors (Lipinski definition) is 5. The number of rotatable bonds is 6. The Kier molecular flexibility index (Phi) is 4.52. The molecule has 4 atom stereocenters. The highest BCUT2D eigenvalue weighted by Crippen LogP contribution is 2.52. The maximum Gasteiger partial charge on any atom is 0.254 e. The summed E-state index contributed by atoms with van der Waals surface area (Å²) in [4.78, 5) is 25.4. The molecule has 1 saturated heterocycles. The minimum absolute atomic E-state index is 0.148. The molecule has 1 aliphatic heterocycles. The zero-order valence-corrected chi connectivity index (χ0v) is 15.6. The van der Waals surface area contributed by atoms with Crippen LogP contribution < -0.4 is 9.47 Å². The number of hydrogen-bond donors (Lipinski definition) is 0. The quantitative estimate of drug-likeness (QED) is 0.428. The van der Waals surface area contributed by atoms with Crippen molar-refractivity contribution in [1.82, 2.24) is 5.01 Å². The summed E-state index contributed by atoms with van der Waals surface area (Å²) in [5.74, 6) is 0.116. The van der Waals surface area contributed by atoms with E-state index in [1.54, 1.807) is 18.2 Å². The van der Waals surface area contributed by atoms with E-state index >= 15 is 0 Å². The molecule has 0 aromatic heterocycles. The molecule has 27 heavy (non-hydrogen) atoms. The number of benzene rings is 1. The Balaban J connectivity index is 1.63. The Morgan fingerprint density at radius 2 is 1.93 bits per heavy atom. The summed E-state index contributed by atoms with van der Waals surface area (Å²) in [5.41, 5.74) is 0.514. The molecule has 0 spiro atoms. The molecule has 0 N–H and O–H groups in total. The Hall–Kier alpha value is -2.60. The van der Waals surface area contributed by atoms with Gasteiger partial charge in [0.15, 0.2) is 11.5 Å². The zero-order valence-electron chi connectivity index (χ0n) is 14.8. The minimum Gasteiger partial charge on any atom is -0.493 e. The second-order valence-corrected chi connectivity index (χ2v) is 7.30. The highest BCUT2D eigenvalue weighted by atomic mass is 35.5. The zero-order chi connectivity index (χ0) is 19.1. The van der Waals surface area contributed by atoms with Crippen LogP contribution in [0.15, 0.2) is 42.0 Å². The summed E-state index contributed by atoms with van der Waals surface area (Å²) in [6.45, 7) is 3.89. The van der Waals surface area contributed by atoms with E-state index in [0.29, 0.717) is 22.1 Å². The Bertz CT molecular complexity index is 849. The average molecular weight is 387 g/mol. The van der Waals surface area contributed by atoms with Gasteiger partial charge in [0, 0.05) is 16.7 Å². The van der Waals surface area contributed by atoms with Gasteiger partial charge in [0.2, 0.25) is 0 Å². The van der Waals surface area contributed by atoms with E-state index in [0.717, 1.165) is 11.4 Å². The van der Waals surface area contributed by atoms with Gasteiger partial charge in [-0.25, -0.2) is 0 Å². The molecular formula is C20H19ClN2O4. The number of methoxy groups -OCH3 is 1. The molecule has 1 saturated carbocycles. The summed E-state index contributed by atoms with van der Waals surface area (Å²) in [6.07, 6.45) is 8.00. The summed E-state index contributed by atoms with van der Waals surface area (Å²) in [5, 5.41) is 5.60. The Labute approximate surface area is 162 Å². The van der Waals surface area contributed by atoms with Gasteiger partial charge >= 0.3 is 0 Å². The molecule has 140 valence electrons. The van der Waals surface area contributed by atoms with Crippen molar-refractivity contribution in [2.75, 3.05) is 13.7 Å². The number of halogens is 1. The topological polar surface area (TPSA) is 68.2 Å². The number of carbonyl (C=O) groups excluding carboxylic acids is 2. The third-order valence-electron chi connectivity index (χ3n) is 5.37. The normalized spacial score (nSPS) is 28.3. The van der Waals surface area contributed by atoms with E-state index < -0.39 is 0 Å². The molecule has 2 aliphatic carbocycles. The number of fused-ring (bicyclic) bond motifs is 5. The lowest BCUT2D eigenvalue weighted by atomic mass is 9.85. The maximum absolute atomic E-state index is 12.7. The Morgan fingerprint density at radius 1 is 1.26 bits per heavy atom. The second-order valence-electron chi connectivity index (χ2n) is 6.86. The van der Waals surface area contributed by atoms with E-state index in [9.17, 15) is 9.59 Å². The van der Waals surface area contributed by atoms with Crippen molar-refractivity contribution in [3.8, 4) is 11.5 Å². The van der Waals surface area contributed by atoms with Crippen LogP contribution in [-0.2, 0) is 9.59 Å². The van der Waals surface area contributed by atoms with Crippen molar-refractivity contribution in [2.45, 2.75) is 6.42 Å². The van der Waals surface area contributed by atoms with Crippen LogP contribution in [0.1, 0.15) is 12.0 Å². The van der Waals surface area contributed by atoms with Gasteiger partial charge < -0.3 is 9.47 Å². The molecule has 7 heteroatoms. The maximum atomic E-state index is 12.7. The van der Waals surface area contributed by atoms with E-state index in [1.165, 1.54) is 13.3 Å². The highest BCUT2D eigenvalue weighted by molar-refractivity contribution is 6.31. The van der Waals surface area contributed by atoms with Crippen LogP contribution in [0.3, 0.4) is 0 Å². The van der Waals surface area contributed by atoms with Crippen molar-refractivity contribution < 1.29 is 19.1 Å². The number of amides is 2. The summed E-state index contributed by atoms with van der Waals surface area (Å²) in [7, 11) is 1.50. The van der Waals surface area contributed by atoms with Gasteiger partial charge in [0.1, 0.15) is 6.61 Å². The van der Waals surface area contributed by atoms with Crippen LogP contribution in [-0.4, -0.2) is 36.8 Å². The van der Waals surface area contributed by atoms with E-state index in [-0.39, 0.29) is 42.1 Å². The predicted octanol–water partition coefficient (Wildman–Crippen LogP) is 3.05. The average Bonchev–Trinajstić information content (AvgIpc) is 3.33. The molecule has 1 aromatic rings. The van der Waals surface area contributed by atoms with Crippen LogP contribution in [0.2, 0.25) is 5.02 Å². The number of hydrazone groups is 1. The minimum atomic E-state index is -0.282. The molecule has 6 nitrogen and oxygen atoms in total. The summed E-state index contributed by atoms with van der Waals surface area (Å²) >= 11 is 6.14.